The number of aromatic nitrogens is 1. The Kier molecular flexibility index (Phi) is 3.55. The lowest BCUT2D eigenvalue weighted by atomic mass is 10.3. The quantitative estimate of drug-likeness (QED) is 0.619. The number of aliphatic hydroxyl groups excluding tert-OH is 1. The molecule has 0 fully saturated rings. The van der Waals surface area contributed by atoms with E-state index in [9.17, 15) is 9.59 Å². The molecule has 1 unspecified atom stereocenters. The van der Waals surface area contributed by atoms with Gasteiger partial charge in [0.05, 0.1) is 12.1 Å². The Morgan fingerprint density at radius 2 is 2.36 bits per heavy atom. The number of carbonyl (C=O) groups excluding carboxylic acids is 1. The van der Waals surface area contributed by atoms with Crippen LogP contribution in [0, 0.1) is 0 Å². The number of nitrogens with zero attached hydrogens (tertiary/aromatic N) is 1. The van der Waals surface area contributed by atoms with Crippen LogP contribution >= 0.6 is 11.3 Å². The van der Waals surface area contributed by atoms with Crippen molar-refractivity contribution in [2.75, 3.05) is 6.61 Å². The number of hydrogen-bond donors (Lipinski definition) is 3. The minimum atomic E-state index is -1.29. The van der Waals surface area contributed by atoms with E-state index in [-0.39, 0.29) is 5.69 Å². The molecule has 1 atom stereocenters. The lowest BCUT2D eigenvalue weighted by Crippen LogP contribution is -2.43. The van der Waals surface area contributed by atoms with Gasteiger partial charge in [-0.15, -0.1) is 11.3 Å². The Hall–Kier alpha value is -1.47. The largest absolute Gasteiger partial charge is 0.480 e. The number of carboxylic acids is 1. The van der Waals surface area contributed by atoms with Crippen molar-refractivity contribution in [2.45, 2.75) is 6.04 Å². The van der Waals surface area contributed by atoms with E-state index >= 15 is 0 Å². The molecule has 7 heteroatoms. The molecule has 1 aromatic heterocycles. The van der Waals surface area contributed by atoms with Crippen LogP contribution < -0.4 is 5.32 Å². The summed E-state index contributed by atoms with van der Waals surface area (Å²) in [6.07, 6.45) is 0. The molecule has 1 heterocycles. The number of nitrogens with one attached hydrogen (secondary N) is 1. The Morgan fingerprint density at radius 3 is 2.79 bits per heavy atom. The SMILES string of the molecule is O=C(NC(CO)C(=O)O)c1cscn1. The average Bonchev–Trinajstić information content (AvgIpc) is 2.65. The number of aliphatic carboxylic acids is 1. The summed E-state index contributed by atoms with van der Waals surface area (Å²) in [5, 5.41) is 20.8. The number of rotatable bonds is 4. The van der Waals surface area contributed by atoms with Gasteiger partial charge in [-0.05, 0) is 0 Å². The van der Waals surface area contributed by atoms with Crippen LogP contribution in [0.2, 0.25) is 0 Å². The zero-order chi connectivity index (χ0) is 10.6. The zero-order valence-corrected chi connectivity index (χ0v) is 7.82. The molecule has 1 amide bonds. The van der Waals surface area contributed by atoms with E-state index < -0.39 is 24.5 Å². The fraction of sp³-hybridized carbons (Fsp3) is 0.286. The highest BCUT2D eigenvalue weighted by molar-refractivity contribution is 7.07. The zero-order valence-electron chi connectivity index (χ0n) is 7.01. The fourth-order valence-corrected chi connectivity index (χ4v) is 1.27. The minimum Gasteiger partial charge on any atom is -0.480 e. The topological polar surface area (TPSA) is 99.5 Å². The summed E-state index contributed by atoms with van der Waals surface area (Å²) in [6, 6.07) is -1.29. The molecule has 14 heavy (non-hydrogen) atoms. The van der Waals surface area contributed by atoms with Crippen molar-refractivity contribution < 1.29 is 19.8 Å². The van der Waals surface area contributed by atoms with Crippen molar-refractivity contribution in [1.82, 2.24) is 10.3 Å². The van der Waals surface area contributed by atoms with E-state index in [1.807, 2.05) is 0 Å². The summed E-state index contributed by atoms with van der Waals surface area (Å²) >= 11 is 1.23. The lowest BCUT2D eigenvalue weighted by Gasteiger charge is -2.09. The maximum atomic E-state index is 11.2. The van der Waals surface area contributed by atoms with Crippen molar-refractivity contribution in [3.8, 4) is 0 Å². The van der Waals surface area contributed by atoms with Crippen LogP contribution in [0.1, 0.15) is 10.5 Å². The second-order valence-electron chi connectivity index (χ2n) is 2.42. The third kappa shape index (κ3) is 2.51. The molecule has 0 saturated carbocycles. The average molecular weight is 216 g/mol. The molecular weight excluding hydrogens is 208 g/mol. The number of carboxylic acid groups (broad SMARTS) is 1. The highest BCUT2D eigenvalue weighted by Crippen LogP contribution is 2.00. The molecule has 0 radical (unpaired) electrons. The lowest BCUT2D eigenvalue weighted by molar-refractivity contribution is -0.140. The smallest absolute Gasteiger partial charge is 0.328 e. The number of carbonyl (C=O) groups is 2. The highest BCUT2D eigenvalue weighted by atomic mass is 32.1. The van der Waals surface area contributed by atoms with Gasteiger partial charge < -0.3 is 15.5 Å². The summed E-state index contributed by atoms with van der Waals surface area (Å²) in [6.45, 7) is -0.648. The molecule has 76 valence electrons. The van der Waals surface area contributed by atoms with Crippen LogP contribution in [0.25, 0.3) is 0 Å². The molecule has 0 aromatic carbocycles. The molecular formula is C7H8N2O4S. The molecule has 1 rings (SSSR count). The predicted octanol–water partition coefficient (Wildman–Crippen LogP) is -0.682. The third-order valence-corrected chi connectivity index (χ3v) is 2.04. The minimum absolute atomic E-state index is 0.148. The maximum absolute atomic E-state index is 11.2. The highest BCUT2D eigenvalue weighted by Gasteiger charge is 2.20. The van der Waals surface area contributed by atoms with Crippen LogP contribution in [-0.4, -0.2) is 39.7 Å². The van der Waals surface area contributed by atoms with Gasteiger partial charge in [-0.1, -0.05) is 0 Å². The van der Waals surface area contributed by atoms with Gasteiger partial charge in [-0.2, -0.15) is 0 Å². The number of amides is 1. The van der Waals surface area contributed by atoms with Gasteiger partial charge in [0, 0.05) is 5.38 Å². The van der Waals surface area contributed by atoms with E-state index in [0.29, 0.717) is 0 Å². The number of thiazole rings is 1. The molecule has 0 spiro atoms. The van der Waals surface area contributed by atoms with Crippen molar-refractivity contribution in [1.29, 1.82) is 0 Å². The van der Waals surface area contributed by atoms with Gasteiger partial charge in [0.15, 0.2) is 6.04 Å². The summed E-state index contributed by atoms with van der Waals surface area (Å²) in [7, 11) is 0. The summed E-state index contributed by atoms with van der Waals surface area (Å²) in [5.74, 6) is -1.89. The van der Waals surface area contributed by atoms with Gasteiger partial charge in [0.2, 0.25) is 0 Å². The van der Waals surface area contributed by atoms with Gasteiger partial charge in [-0.25, -0.2) is 9.78 Å². The molecule has 0 aliphatic heterocycles. The second kappa shape index (κ2) is 4.68. The first kappa shape index (κ1) is 10.6. The van der Waals surface area contributed by atoms with Crippen LogP contribution in [0.3, 0.4) is 0 Å². The normalized spacial score (nSPS) is 12.1. The first-order valence-corrected chi connectivity index (χ1v) is 4.62. The summed E-state index contributed by atoms with van der Waals surface area (Å²) in [5.41, 5.74) is 1.61. The molecule has 0 bridgehead atoms. The van der Waals surface area contributed by atoms with Crippen LogP contribution in [0.5, 0.6) is 0 Å². The third-order valence-electron chi connectivity index (χ3n) is 1.45. The van der Waals surface area contributed by atoms with Crippen LogP contribution in [0.15, 0.2) is 10.9 Å². The van der Waals surface area contributed by atoms with Crippen molar-refractivity contribution >= 4 is 23.2 Å². The molecule has 6 nitrogen and oxygen atoms in total. The number of hydrogen-bond acceptors (Lipinski definition) is 5. The Labute approximate surface area is 83.2 Å². The monoisotopic (exact) mass is 216 g/mol. The second-order valence-corrected chi connectivity index (χ2v) is 3.14. The van der Waals surface area contributed by atoms with Crippen LogP contribution in [-0.2, 0) is 4.79 Å². The van der Waals surface area contributed by atoms with E-state index in [1.54, 1.807) is 0 Å². The Bertz CT molecular complexity index is 324. The number of aliphatic hydroxyl groups is 1. The van der Waals surface area contributed by atoms with Gasteiger partial charge in [-0.3, -0.25) is 4.79 Å². The van der Waals surface area contributed by atoms with E-state index in [4.69, 9.17) is 10.2 Å². The molecule has 1 aromatic rings. The van der Waals surface area contributed by atoms with Crippen molar-refractivity contribution in [3.63, 3.8) is 0 Å². The van der Waals surface area contributed by atoms with Crippen LogP contribution in [0.4, 0.5) is 0 Å². The summed E-state index contributed by atoms with van der Waals surface area (Å²) < 4.78 is 0. The fourth-order valence-electron chi connectivity index (χ4n) is 0.742. The van der Waals surface area contributed by atoms with Gasteiger partial charge in [0.25, 0.3) is 5.91 Å². The molecule has 0 aliphatic carbocycles. The first-order chi connectivity index (χ1) is 6.65. The van der Waals surface area contributed by atoms with E-state index in [2.05, 4.69) is 10.3 Å². The molecule has 0 saturated heterocycles. The van der Waals surface area contributed by atoms with Crippen molar-refractivity contribution in [3.05, 3.63) is 16.6 Å². The first-order valence-electron chi connectivity index (χ1n) is 3.68. The summed E-state index contributed by atoms with van der Waals surface area (Å²) in [4.78, 5) is 25.4. The molecule has 0 aliphatic rings. The van der Waals surface area contributed by atoms with E-state index in [0.717, 1.165) is 0 Å². The van der Waals surface area contributed by atoms with Gasteiger partial charge in [0.1, 0.15) is 5.69 Å². The van der Waals surface area contributed by atoms with E-state index in [1.165, 1.54) is 22.2 Å². The Balaban J connectivity index is 2.60. The predicted molar refractivity (Wildman–Crippen MR) is 48.1 cm³/mol. The standard InChI is InChI=1S/C7H8N2O4S/c10-1-4(7(12)13)9-6(11)5-2-14-3-8-5/h2-4,10H,1H2,(H,9,11)(H,12,13). The maximum Gasteiger partial charge on any atom is 0.328 e. The van der Waals surface area contributed by atoms with Gasteiger partial charge >= 0.3 is 5.97 Å². The van der Waals surface area contributed by atoms with Crippen molar-refractivity contribution in [2.24, 2.45) is 0 Å². The Morgan fingerprint density at radius 1 is 1.64 bits per heavy atom. The molecule has 3 N–H and O–H groups in total.